The Morgan fingerprint density at radius 3 is 2.26 bits per heavy atom. The number of halogens is 6. The van der Waals surface area contributed by atoms with Crippen LogP contribution < -0.4 is 0 Å². The number of fused-ring (bicyclic) bond motifs is 1. The van der Waals surface area contributed by atoms with Gasteiger partial charge in [0.25, 0.3) is 5.60 Å². The molecule has 3 rings (SSSR count). The van der Waals surface area contributed by atoms with Crippen LogP contribution in [0.5, 0.6) is 0 Å². The van der Waals surface area contributed by atoms with Crippen molar-refractivity contribution in [2.75, 3.05) is 0 Å². The van der Waals surface area contributed by atoms with Crippen LogP contribution in [0.1, 0.15) is 90.9 Å². The third kappa shape index (κ3) is 5.29. The fourth-order valence-electron chi connectivity index (χ4n) is 6.94. The average molecular weight is 493 g/mol. The zero-order chi connectivity index (χ0) is 25.4. The van der Waals surface area contributed by atoms with Crippen LogP contribution in [0.25, 0.3) is 0 Å². The molecule has 0 bridgehead atoms. The van der Waals surface area contributed by atoms with Gasteiger partial charge in [-0.2, -0.15) is 26.3 Å². The van der Waals surface area contributed by atoms with Gasteiger partial charge in [-0.05, 0) is 99.4 Å². The van der Waals surface area contributed by atoms with E-state index in [1.807, 2.05) is 6.92 Å². The molecule has 0 saturated heterocycles. The molecule has 0 heterocycles. The molecular formula is C27H38F6O. The van der Waals surface area contributed by atoms with Crippen molar-refractivity contribution in [1.82, 2.24) is 0 Å². The molecule has 194 valence electrons. The first kappa shape index (κ1) is 27.3. The molecule has 0 aromatic carbocycles. The molecule has 3 fully saturated rings. The fourth-order valence-corrected chi connectivity index (χ4v) is 6.94. The Bertz CT molecular complexity index is 791. The van der Waals surface area contributed by atoms with Crippen molar-refractivity contribution >= 4 is 0 Å². The molecule has 34 heavy (non-hydrogen) atoms. The Kier molecular flexibility index (Phi) is 8.06. The van der Waals surface area contributed by atoms with Gasteiger partial charge in [-0.1, -0.05) is 50.1 Å². The lowest BCUT2D eigenvalue weighted by Gasteiger charge is -2.44. The van der Waals surface area contributed by atoms with Crippen LogP contribution in [0, 0.1) is 23.2 Å². The molecule has 3 saturated carbocycles. The summed E-state index contributed by atoms with van der Waals surface area (Å²) in [7, 11) is 0. The van der Waals surface area contributed by atoms with Crippen molar-refractivity contribution in [2.45, 2.75) is 109 Å². The summed E-state index contributed by atoms with van der Waals surface area (Å²) >= 11 is 0. The Morgan fingerprint density at radius 2 is 1.65 bits per heavy atom. The summed E-state index contributed by atoms with van der Waals surface area (Å²) < 4.78 is 78.0. The first-order chi connectivity index (χ1) is 15.7. The van der Waals surface area contributed by atoms with Gasteiger partial charge in [-0.15, -0.1) is 0 Å². The van der Waals surface area contributed by atoms with E-state index in [9.17, 15) is 31.4 Å². The van der Waals surface area contributed by atoms with Crippen molar-refractivity contribution in [3.05, 3.63) is 35.5 Å². The lowest BCUT2D eigenvalue weighted by molar-refractivity contribution is -0.370. The van der Waals surface area contributed by atoms with Gasteiger partial charge in [-0.3, -0.25) is 0 Å². The van der Waals surface area contributed by atoms with E-state index in [1.54, 1.807) is 0 Å². The van der Waals surface area contributed by atoms with Crippen molar-refractivity contribution in [3.63, 3.8) is 0 Å². The fraction of sp³-hybridized carbons (Fsp3) is 0.778. The lowest BCUT2D eigenvalue weighted by atomic mass is 9.60. The summed E-state index contributed by atoms with van der Waals surface area (Å²) in [5, 5.41) is 9.45. The number of hydrogen-bond donors (Lipinski definition) is 1. The molecule has 1 nitrogen and oxygen atoms in total. The Balaban J connectivity index is 1.67. The normalized spacial score (nSPS) is 32.3. The maximum Gasteiger partial charge on any atom is 0.426 e. The van der Waals surface area contributed by atoms with Crippen molar-refractivity contribution < 1.29 is 31.4 Å². The van der Waals surface area contributed by atoms with Crippen LogP contribution in [0.4, 0.5) is 26.3 Å². The summed E-state index contributed by atoms with van der Waals surface area (Å²) in [5.74, 6) is 0.657. The second kappa shape index (κ2) is 10.0. The summed E-state index contributed by atoms with van der Waals surface area (Å²) in [4.78, 5) is 0. The van der Waals surface area contributed by atoms with Gasteiger partial charge in [0.1, 0.15) is 0 Å². The molecule has 0 radical (unpaired) electrons. The molecule has 0 amide bonds. The highest BCUT2D eigenvalue weighted by molar-refractivity contribution is 5.35. The summed E-state index contributed by atoms with van der Waals surface area (Å²) in [6, 6.07) is 0. The molecule has 0 aliphatic heterocycles. The highest BCUT2D eigenvalue weighted by Gasteiger charge is 2.69. The maximum absolute atomic E-state index is 13.0. The van der Waals surface area contributed by atoms with Gasteiger partial charge in [0.15, 0.2) is 0 Å². The summed E-state index contributed by atoms with van der Waals surface area (Å²) in [5.41, 5.74) is -0.652. The number of alkyl halides is 6. The summed E-state index contributed by atoms with van der Waals surface area (Å²) in [6.45, 7) is 8.40. The van der Waals surface area contributed by atoms with Crippen molar-refractivity contribution in [2.24, 2.45) is 23.2 Å². The van der Waals surface area contributed by atoms with Gasteiger partial charge >= 0.3 is 12.4 Å². The zero-order valence-corrected chi connectivity index (χ0v) is 20.3. The number of rotatable bonds is 6. The van der Waals surface area contributed by atoms with E-state index in [4.69, 9.17) is 0 Å². The highest BCUT2D eigenvalue weighted by Crippen LogP contribution is 2.60. The molecule has 1 N–H and O–H groups in total. The minimum absolute atomic E-state index is 0.00320. The lowest BCUT2D eigenvalue weighted by Crippen LogP contribution is -2.56. The number of hydrogen-bond acceptors (Lipinski definition) is 1. The van der Waals surface area contributed by atoms with Crippen molar-refractivity contribution in [1.29, 1.82) is 0 Å². The molecule has 0 aromatic heterocycles. The quantitative estimate of drug-likeness (QED) is 0.367. The van der Waals surface area contributed by atoms with E-state index in [-0.39, 0.29) is 30.1 Å². The van der Waals surface area contributed by atoms with Crippen LogP contribution in [0.15, 0.2) is 35.5 Å². The second-order valence-electron chi connectivity index (χ2n) is 11.1. The number of aliphatic hydroxyl groups is 1. The molecule has 0 aromatic rings. The van der Waals surface area contributed by atoms with Gasteiger partial charge in [-0.25, -0.2) is 0 Å². The van der Waals surface area contributed by atoms with Gasteiger partial charge in [0, 0.05) is 0 Å². The van der Waals surface area contributed by atoms with E-state index in [0.717, 1.165) is 44.9 Å². The van der Waals surface area contributed by atoms with E-state index in [1.165, 1.54) is 29.6 Å². The molecule has 4 unspecified atom stereocenters. The monoisotopic (exact) mass is 492 g/mol. The minimum Gasteiger partial charge on any atom is -0.374 e. The zero-order valence-electron chi connectivity index (χ0n) is 20.3. The van der Waals surface area contributed by atoms with Crippen LogP contribution >= 0.6 is 0 Å². The van der Waals surface area contributed by atoms with Crippen LogP contribution in [0.2, 0.25) is 0 Å². The average Bonchev–Trinajstić information content (AvgIpc) is 3.09. The Hall–Kier alpha value is -1.24. The summed E-state index contributed by atoms with van der Waals surface area (Å²) in [6.07, 6.45) is 1.17. The SMILES string of the molecule is C=C1CCCCC1=CC=C1CCCC2(C)C1CCC2C(C)CCCC(O)(C(F)(F)F)C(F)(F)F. The Morgan fingerprint density at radius 1 is 1.00 bits per heavy atom. The first-order valence-electron chi connectivity index (χ1n) is 12.6. The van der Waals surface area contributed by atoms with Crippen LogP contribution in [0.3, 0.4) is 0 Å². The minimum atomic E-state index is -5.74. The largest absolute Gasteiger partial charge is 0.426 e. The third-order valence-corrected chi connectivity index (χ3v) is 8.99. The molecular weight excluding hydrogens is 454 g/mol. The van der Waals surface area contributed by atoms with Gasteiger partial charge < -0.3 is 5.11 Å². The smallest absolute Gasteiger partial charge is 0.374 e. The Labute approximate surface area is 199 Å². The predicted octanol–water partition coefficient (Wildman–Crippen LogP) is 8.85. The number of allylic oxidation sites excluding steroid dienone is 5. The second-order valence-corrected chi connectivity index (χ2v) is 11.1. The first-order valence-corrected chi connectivity index (χ1v) is 12.6. The standard InChI is InChI=1S/C27H38F6O/c1-18-8-4-5-10-20(18)12-13-21-11-7-16-24(3)22(14-15-23(21)24)19(2)9-6-17-25(34,26(28,29)30)27(31,32)33/h12-13,19,22-23,34H,1,4-11,14-17H2,2-3H3. The maximum atomic E-state index is 13.0. The van der Waals surface area contributed by atoms with E-state index in [0.29, 0.717) is 5.92 Å². The molecule has 3 aliphatic rings. The van der Waals surface area contributed by atoms with Gasteiger partial charge in [0.05, 0.1) is 0 Å². The van der Waals surface area contributed by atoms with E-state index in [2.05, 4.69) is 25.7 Å². The topological polar surface area (TPSA) is 20.2 Å². The van der Waals surface area contributed by atoms with E-state index >= 15 is 0 Å². The van der Waals surface area contributed by atoms with Crippen molar-refractivity contribution in [3.8, 4) is 0 Å². The highest BCUT2D eigenvalue weighted by atomic mass is 19.4. The van der Waals surface area contributed by atoms with Gasteiger partial charge in [0.2, 0.25) is 0 Å². The molecule has 0 spiro atoms. The molecule has 3 aliphatic carbocycles. The van der Waals surface area contributed by atoms with Crippen LogP contribution in [-0.2, 0) is 0 Å². The molecule has 7 heteroatoms. The predicted molar refractivity (Wildman–Crippen MR) is 122 cm³/mol. The van der Waals surface area contributed by atoms with E-state index < -0.39 is 24.4 Å². The molecule has 4 atom stereocenters. The third-order valence-electron chi connectivity index (χ3n) is 8.99. The van der Waals surface area contributed by atoms with Crippen LogP contribution in [-0.4, -0.2) is 23.1 Å².